The maximum absolute atomic E-state index is 13.5. The number of nitrogens with two attached hydrogens (primary N) is 1. The van der Waals surface area contributed by atoms with Crippen LogP contribution in [-0.2, 0) is 36.8 Å². The number of phenols is 1. The van der Waals surface area contributed by atoms with E-state index >= 15 is 0 Å². The highest BCUT2D eigenvalue weighted by Gasteiger charge is 2.32. The van der Waals surface area contributed by atoms with Gasteiger partial charge in [0.1, 0.15) is 23.9 Å². The molecule has 0 spiro atoms. The normalized spacial score (nSPS) is 14.0. The first-order valence-electron chi connectivity index (χ1n) is 13.3. The highest BCUT2D eigenvalue weighted by atomic mass is 16.4. The summed E-state index contributed by atoms with van der Waals surface area (Å²) in [5.74, 6) is -5.41. The molecular formula is C29H35N5O8. The Balaban J connectivity index is 1.82. The van der Waals surface area contributed by atoms with Gasteiger partial charge in [-0.25, -0.2) is 4.79 Å². The van der Waals surface area contributed by atoms with Crippen molar-refractivity contribution >= 4 is 40.6 Å². The van der Waals surface area contributed by atoms with Gasteiger partial charge in [0.05, 0.1) is 12.5 Å². The van der Waals surface area contributed by atoms with Gasteiger partial charge >= 0.3 is 11.9 Å². The van der Waals surface area contributed by atoms with Crippen molar-refractivity contribution in [1.82, 2.24) is 20.9 Å². The molecule has 2 aromatic carbocycles. The summed E-state index contributed by atoms with van der Waals surface area (Å²) in [5.41, 5.74) is 7.69. The molecule has 3 aromatic rings. The average molecular weight is 582 g/mol. The monoisotopic (exact) mass is 581 g/mol. The molecule has 0 saturated carbocycles. The van der Waals surface area contributed by atoms with Gasteiger partial charge < -0.3 is 42.0 Å². The number of aliphatic carboxylic acids is 2. The second-order valence-corrected chi connectivity index (χ2v) is 10.3. The zero-order valence-electron chi connectivity index (χ0n) is 23.2. The van der Waals surface area contributed by atoms with Crippen LogP contribution in [0.4, 0.5) is 0 Å². The minimum absolute atomic E-state index is 0.00580. The third kappa shape index (κ3) is 8.54. The third-order valence-electron chi connectivity index (χ3n) is 6.70. The third-order valence-corrected chi connectivity index (χ3v) is 6.70. The Morgan fingerprint density at radius 2 is 1.48 bits per heavy atom. The average Bonchev–Trinajstić information content (AvgIpc) is 3.33. The fourth-order valence-electron chi connectivity index (χ4n) is 4.41. The molecule has 0 aliphatic rings. The van der Waals surface area contributed by atoms with E-state index in [1.165, 1.54) is 12.1 Å². The van der Waals surface area contributed by atoms with E-state index < -0.39 is 66.2 Å². The number of fused-ring (bicyclic) bond motifs is 1. The first-order valence-corrected chi connectivity index (χ1v) is 13.3. The fraction of sp³-hybridized carbons (Fsp3) is 0.345. The summed E-state index contributed by atoms with van der Waals surface area (Å²) in [4.78, 5) is 65.4. The number of amides is 3. The van der Waals surface area contributed by atoms with Gasteiger partial charge in [0.25, 0.3) is 0 Å². The van der Waals surface area contributed by atoms with Crippen LogP contribution in [0.1, 0.15) is 31.4 Å². The van der Waals surface area contributed by atoms with Gasteiger partial charge in [-0.2, -0.15) is 0 Å². The number of carboxylic acids is 2. The minimum Gasteiger partial charge on any atom is -0.508 e. The Labute approximate surface area is 241 Å². The highest BCUT2D eigenvalue weighted by molar-refractivity contribution is 5.95. The van der Waals surface area contributed by atoms with Crippen LogP contribution in [0, 0.1) is 5.92 Å². The van der Waals surface area contributed by atoms with Crippen LogP contribution in [0.5, 0.6) is 5.75 Å². The number of carbonyl (C=O) groups is 5. The number of hydrogen-bond acceptors (Lipinski definition) is 7. The van der Waals surface area contributed by atoms with E-state index in [1.54, 1.807) is 32.2 Å². The predicted octanol–water partition coefficient (Wildman–Crippen LogP) is 0.656. The summed E-state index contributed by atoms with van der Waals surface area (Å²) in [7, 11) is 0. The fourth-order valence-corrected chi connectivity index (χ4v) is 4.41. The molecule has 42 heavy (non-hydrogen) atoms. The Morgan fingerprint density at radius 3 is 2.10 bits per heavy atom. The number of aromatic nitrogens is 1. The van der Waals surface area contributed by atoms with Crippen molar-refractivity contribution < 1.29 is 39.3 Å². The number of aromatic hydroxyl groups is 1. The largest absolute Gasteiger partial charge is 0.508 e. The molecule has 13 nitrogen and oxygen atoms in total. The Hall–Kier alpha value is -4.91. The highest BCUT2D eigenvalue weighted by Crippen LogP contribution is 2.19. The lowest BCUT2D eigenvalue weighted by molar-refractivity contribution is -0.142. The topological polar surface area (TPSA) is 224 Å². The molecule has 13 heteroatoms. The van der Waals surface area contributed by atoms with Crippen molar-refractivity contribution in [2.45, 2.75) is 57.3 Å². The molecule has 224 valence electrons. The SMILES string of the molecule is CC(C)C(NC(=O)C(N)CC(=O)O)C(=O)NC(Cc1ccc(O)cc1)C(=O)NC(Cc1c[nH]c2ccccc12)C(=O)O. The molecule has 0 bridgehead atoms. The summed E-state index contributed by atoms with van der Waals surface area (Å²) in [6.45, 7) is 3.29. The van der Waals surface area contributed by atoms with E-state index in [0.717, 1.165) is 10.9 Å². The summed E-state index contributed by atoms with van der Waals surface area (Å²) in [5, 5.41) is 36.8. The summed E-state index contributed by atoms with van der Waals surface area (Å²) in [6.07, 6.45) is 0.941. The van der Waals surface area contributed by atoms with Crippen LogP contribution in [0.2, 0.25) is 0 Å². The first kappa shape index (κ1) is 31.6. The number of rotatable bonds is 14. The van der Waals surface area contributed by atoms with Crippen molar-refractivity contribution in [1.29, 1.82) is 0 Å². The van der Waals surface area contributed by atoms with Crippen molar-refractivity contribution in [3.05, 3.63) is 65.9 Å². The smallest absolute Gasteiger partial charge is 0.326 e. The van der Waals surface area contributed by atoms with Crippen LogP contribution in [-0.4, -0.2) is 74.1 Å². The van der Waals surface area contributed by atoms with Crippen LogP contribution in [0.3, 0.4) is 0 Å². The number of carbonyl (C=O) groups excluding carboxylic acids is 3. The molecule has 3 rings (SSSR count). The lowest BCUT2D eigenvalue weighted by Gasteiger charge is -2.27. The molecule has 0 fully saturated rings. The molecule has 4 atom stereocenters. The number of benzene rings is 2. The molecule has 3 amide bonds. The molecule has 0 aliphatic carbocycles. The van der Waals surface area contributed by atoms with Gasteiger partial charge in [-0.05, 0) is 35.2 Å². The number of carboxylic acid groups (broad SMARTS) is 2. The number of H-pyrrole nitrogens is 1. The van der Waals surface area contributed by atoms with Crippen LogP contribution < -0.4 is 21.7 Å². The zero-order valence-corrected chi connectivity index (χ0v) is 23.2. The molecular weight excluding hydrogens is 546 g/mol. The molecule has 0 saturated heterocycles. The van der Waals surface area contributed by atoms with E-state index in [1.807, 2.05) is 24.3 Å². The van der Waals surface area contributed by atoms with Gasteiger partial charge in [0, 0.05) is 29.9 Å². The second-order valence-electron chi connectivity index (χ2n) is 10.3. The van der Waals surface area contributed by atoms with E-state index in [-0.39, 0.29) is 18.6 Å². The molecule has 1 heterocycles. The van der Waals surface area contributed by atoms with Crippen molar-refractivity contribution in [2.75, 3.05) is 0 Å². The van der Waals surface area contributed by atoms with E-state index in [2.05, 4.69) is 20.9 Å². The van der Waals surface area contributed by atoms with Crippen LogP contribution in [0.25, 0.3) is 10.9 Å². The van der Waals surface area contributed by atoms with Gasteiger partial charge in [-0.1, -0.05) is 44.2 Å². The summed E-state index contributed by atoms with van der Waals surface area (Å²) >= 11 is 0. The van der Waals surface area contributed by atoms with Gasteiger partial charge in [-0.3, -0.25) is 19.2 Å². The van der Waals surface area contributed by atoms with Crippen molar-refractivity contribution in [3.63, 3.8) is 0 Å². The summed E-state index contributed by atoms with van der Waals surface area (Å²) in [6, 6.07) is 8.08. The number of aromatic amines is 1. The van der Waals surface area contributed by atoms with E-state index in [9.17, 15) is 34.2 Å². The molecule has 0 radical (unpaired) electrons. The maximum Gasteiger partial charge on any atom is 0.326 e. The molecule has 9 N–H and O–H groups in total. The van der Waals surface area contributed by atoms with Gasteiger partial charge in [0.15, 0.2) is 0 Å². The molecule has 1 aromatic heterocycles. The Morgan fingerprint density at radius 1 is 0.833 bits per heavy atom. The van der Waals surface area contributed by atoms with E-state index in [4.69, 9.17) is 10.8 Å². The van der Waals surface area contributed by atoms with Gasteiger partial charge in [-0.15, -0.1) is 0 Å². The standard InChI is InChI=1S/C29H35N5O8/c1-15(2)25(34-26(38)20(30)13-24(36)37)28(40)32-22(11-16-7-9-18(35)10-8-16)27(39)33-23(29(41)42)12-17-14-31-21-6-4-3-5-19(17)21/h3-10,14-15,20,22-23,25,31,35H,11-13,30H2,1-2H3,(H,32,40)(H,33,39)(H,34,38)(H,36,37)(H,41,42). The van der Waals surface area contributed by atoms with E-state index in [0.29, 0.717) is 11.1 Å². The Bertz CT molecular complexity index is 1440. The number of nitrogens with one attached hydrogen (secondary N) is 4. The van der Waals surface area contributed by atoms with Crippen molar-refractivity contribution in [3.8, 4) is 5.75 Å². The number of phenolic OH excluding ortho intramolecular Hbond substituents is 1. The molecule has 0 aliphatic heterocycles. The maximum atomic E-state index is 13.5. The quantitative estimate of drug-likeness (QED) is 0.134. The zero-order chi connectivity index (χ0) is 31.0. The lowest BCUT2D eigenvalue weighted by Crippen LogP contribution is -2.59. The number of hydrogen-bond donors (Lipinski definition) is 8. The Kier molecular flexibility index (Phi) is 10.6. The van der Waals surface area contributed by atoms with Gasteiger partial charge in [0.2, 0.25) is 17.7 Å². The lowest BCUT2D eigenvalue weighted by atomic mass is 9.99. The van der Waals surface area contributed by atoms with Crippen LogP contribution in [0.15, 0.2) is 54.7 Å². The molecule has 4 unspecified atom stereocenters. The number of para-hydroxylation sites is 1. The first-order chi connectivity index (χ1) is 19.8. The minimum atomic E-state index is -1.39. The predicted molar refractivity (Wildman–Crippen MR) is 152 cm³/mol. The van der Waals surface area contributed by atoms with Crippen LogP contribution >= 0.6 is 0 Å². The summed E-state index contributed by atoms with van der Waals surface area (Å²) < 4.78 is 0. The second kappa shape index (κ2) is 14.1. The van der Waals surface area contributed by atoms with Crippen molar-refractivity contribution in [2.24, 2.45) is 11.7 Å².